The molecule has 0 radical (unpaired) electrons. The van der Waals surface area contributed by atoms with E-state index in [1.807, 2.05) is 60.7 Å². The standard InChI is InChI=1S/C20H14N2O/c1-3-7-15(8-4-1)16-11-13-18(14-12-16)20-21-19(22-23-20)17-9-5-2-6-10-17/h1-14H/p+1. The second-order valence-electron chi connectivity index (χ2n) is 5.29. The Morgan fingerprint density at radius 1 is 0.565 bits per heavy atom. The summed E-state index contributed by atoms with van der Waals surface area (Å²) in [5, 5.41) is 4.11. The fourth-order valence-corrected chi connectivity index (χ4v) is 2.53. The molecule has 0 unspecified atom stereocenters. The maximum Gasteiger partial charge on any atom is 0.378 e. The highest BCUT2D eigenvalue weighted by atomic mass is 16.5. The first-order valence-corrected chi connectivity index (χ1v) is 7.50. The Hall–Kier alpha value is -3.20. The van der Waals surface area contributed by atoms with Crippen molar-refractivity contribution in [1.82, 2.24) is 5.16 Å². The Kier molecular flexibility index (Phi) is 3.45. The number of hydrogen-bond donors (Lipinski definition) is 0. The van der Waals surface area contributed by atoms with Crippen molar-refractivity contribution in [3.63, 3.8) is 0 Å². The molecule has 3 nitrogen and oxygen atoms in total. The molecule has 4 aromatic rings. The van der Waals surface area contributed by atoms with Crippen LogP contribution in [0.25, 0.3) is 34.0 Å². The number of H-pyrrole nitrogens is 1. The van der Waals surface area contributed by atoms with E-state index in [4.69, 9.17) is 4.52 Å². The van der Waals surface area contributed by atoms with Crippen LogP contribution in [-0.2, 0) is 0 Å². The summed E-state index contributed by atoms with van der Waals surface area (Å²) in [5.74, 6) is 1.39. The molecule has 0 atom stereocenters. The van der Waals surface area contributed by atoms with E-state index in [1.165, 1.54) is 11.1 Å². The zero-order valence-electron chi connectivity index (χ0n) is 12.4. The Bertz CT molecular complexity index is 897. The monoisotopic (exact) mass is 299 g/mol. The molecule has 0 aliphatic heterocycles. The van der Waals surface area contributed by atoms with Gasteiger partial charge in [0.05, 0.1) is 11.1 Å². The van der Waals surface area contributed by atoms with Crippen LogP contribution in [0.3, 0.4) is 0 Å². The third-order valence-corrected chi connectivity index (χ3v) is 3.76. The van der Waals surface area contributed by atoms with Gasteiger partial charge >= 0.3 is 11.7 Å². The van der Waals surface area contributed by atoms with Gasteiger partial charge in [0, 0.05) is 0 Å². The smallest absolute Gasteiger partial charge is 0.212 e. The van der Waals surface area contributed by atoms with Gasteiger partial charge in [0.1, 0.15) is 0 Å². The molecule has 3 heteroatoms. The highest BCUT2D eigenvalue weighted by Gasteiger charge is 2.18. The van der Waals surface area contributed by atoms with Crippen molar-refractivity contribution >= 4 is 0 Å². The highest BCUT2D eigenvalue weighted by Crippen LogP contribution is 2.23. The predicted octanol–water partition coefficient (Wildman–Crippen LogP) is 4.49. The first kappa shape index (κ1) is 13.5. The van der Waals surface area contributed by atoms with E-state index in [1.54, 1.807) is 0 Å². The zero-order chi connectivity index (χ0) is 15.5. The molecule has 0 spiro atoms. The van der Waals surface area contributed by atoms with Crippen molar-refractivity contribution < 1.29 is 9.51 Å². The number of aromatic nitrogens is 2. The van der Waals surface area contributed by atoms with Crippen LogP contribution in [0.4, 0.5) is 0 Å². The van der Waals surface area contributed by atoms with Gasteiger partial charge in [-0.3, -0.25) is 0 Å². The predicted molar refractivity (Wildman–Crippen MR) is 89.4 cm³/mol. The second kappa shape index (κ2) is 5.89. The fraction of sp³-hybridized carbons (Fsp3) is 0. The highest BCUT2D eigenvalue weighted by molar-refractivity contribution is 5.66. The summed E-state index contributed by atoms with van der Waals surface area (Å²) in [6, 6.07) is 28.5. The zero-order valence-corrected chi connectivity index (χ0v) is 12.4. The third kappa shape index (κ3) is 2.77. The van der Waals surface area contributed by atoms with Gasteiger partial charge in [-0.05, 0) is 35.4 Å². The van der Waals surface area contributed by atoms with Crippen LogP contribution in [-0.4, -0.2) is 5.16 Å². The van der Waals surface area contributed by atoms with Crippen LogP contribution in [0, 0.1) is 0 Å². The fourth-order valence-electron chi connectivity index (χ4n) is 2.53. The normalized spacial score (nSPS) is 10.6. The lowest BCUT2D eigenvalue weighted by molar-refractivity contribution is -0.356. The van der Waals surface area contributed by atoms with Crippen molar-refractivity contribution in [3.05, 3.63) is 84.9 Å². The van der Waals surface area contributed by atoms with Gasteiger partial charge in [-0.15, -0.1) is 0 Å². The van der Waals surface area contributed by atoms with Gasteiger partial charge in [0.15, 0.2) is 5.16 Å². The number of aromatic amines is 1. The average Bonchev–Trinajstić information content (AvgIpc) is 3.14. The van der Waals surface area contributed by atoms with E-state index in [2.05, 4.69) is 34.4 Å². The largest absolute Gasteiger partial charge is 0.378 e. The quantitative estimate of drug-likeness (QED) is 0.559. The number of benzene rings is 3. The van der Waals surface area contributed by atoms with E-state index in [9.17, 15) is 0 Å². The summed E-state index contributed by atoms with van der Waals surface area (Å²) in [6.45, 7) is 0. The molecular formula is C20H15N2O+. The van der Waals surface area contributed by atoms with E-state index in [-0.39, 0.29) is 0 Å². The van der Waals surface area contributed by atoms with Crippen molar-refractivity contribution in [2.24, 2.45) is 0 Å². The summed E-state index contributed by atoms with van der Waals surface area (Å²) in [5.41, 5.74) is 4.35. The Morgan fingerprint density at radius 2 is 1.09 bits per heavy atom. The molecule has 3 aromatic carbocycles. The van der Waals surface area contributed by atoms with Crippen LogP contribution < -0.4 is 4.98 Å². The lowest BCUT2D eigenvalue weighted by atomic mass is 10.0. The molecule has 0 bridgehead atoms. The molecule has 0 aliphatic carbocycles. The minimum absolute atomic E-state index is 0.656. The van der Waals surface area contributed by atoms with E-state index in [0.29, 0.717) is 5.89 Å². The van der Waals surface area contributed by atoms with E-state index >= 15 is 0 Å². The lowest BCUT2D eigenvalue weighted by Gasteiger charge is -2.00. The van der Waals surface area contributed by atoms with Crippen LogP contribution in [0.1, 0.15) is 0 Å². The number of hydrogen-bond acceptors (Lipinski definition) is 2. The van der Waals surface area contributed by atoms with Crippen LogP contribution in [0.15, 0.2) is 89.5 Å². The first-order chi connectivity index (χ1) is 11.4. The van der Waals surface area contributed by atoms with Crippen LogP contribution in [0.2, 0.25) is 0 Å². The van der Waals surface area contributed by atoms with Gasteiger partial charge in [0.25, 0.3) is 0 Å². The van der Waals surface area contributed by atoms with Crippen molar-refractivity contribution in [2.75, 3.05) is 0 Å². The Morgan fingerprint density at radius 3 is 1.74 bits per heavy atom. The summed E-state index contributed by atoms with van der Waals surface area (Å²) in [4.78, 5) is 3.23. The van der Waals surface area contributed by atoms with Crippen molar-refractivity contribution in [3.8, 4) is 34.0 Å². The molecular weight excluding hydrogens is 284 g/mol. The SMILES string of the molecule is c1ccc(-c2ccc(-c3[nH+]c(-c4ccccc4)no3)cc2)cc1. The molecule has 0 aliphatic rings. The lowest BCUT2D eigenvalue weighted by Crippen LogP contribution is -2.05. The summed E-state index contributed by atoms with van der Waals surface area (Å²) >= 11 is 0. The minimum atomic E-state index is 0.656. The van der Waals surface area contributed by atoms with E-state index < -0.39 is 0 Å². The average molecular weight is 299 g/mol. The van der Waals surface area contributed by atoms with E-state index in [0.717, 1.165) is 17.0 Å². The third-order valence-electron chi connectivity index (χ3n) is 3.76. The first-order valence-electron chi connectivity index (χ1n) is 7.50. The Balaban J connectivity index is 1.63. The molecule has 1 aromatic heterocycles. The van der Waals surface area contributed by atoms with Gasteiger partial charge in [-0.2, -0.15) is 4.98 Å². The van der Waals surface area contributed by atoms with Gasteiger partial charge < -0.3 is 0 Å². The molecule has 0 fully saturated rings. The summed E-state index contributed by atoms with van der Waals surface area (Å²) in [7, 11) is 0. The molecule has 110 valence electrons. The molecule has 23 heavy (non-hydrogen) atoms. The number of nitrogens with one attached hydrogen (secondary N) is 1. The summed E-state index contributed by atoms with van der Waals surface area (Å²) < 4.78 is 5.45. The molecule has 0 amide bonds. The maximum absolute atomic E-state index is 5.45. The van der Waals surface area contributed by atoms with Gasteiger partial charge in [-0.1, -0.05) is 60.7 Å². The van der Waals surface area contributed by atoms with Gasteiger partial charge in [0.2, 0.25) is 0 Å². The van der Waals surface area contributed by atoms with Crippen LogP contribution in [0.5, 0.6) is 0 Å². The molecule has 1 N–H and O–H groups in total. The second-order valence-corrected chi connectivity index (χ2v) is 5.29. The summed E-state index contributed by atoms with van der Waals surface area (Å²) in [6.07, 6.45) is 0. The molecule has 0 saturated heterocycles. The van der Waals surface area contributed by atoms with Crippen molar-refractivity contribution in [2.45, 2.75) is 0 Å². The number of rotatable bonds is 3. The Labute approximate surface area is 134 Å². The maximum atomic E-state index is 5.45. The topological polar surface area (TPSA) is 40.2 Å². The molecule has 4 rings (SSSR count). The molecule has 1 heterocycles. The van der Waals surface area contributed by atoms with Crippen LogP contribution >= 0.6 is 0 Å². The molecule has 0 saturated carbocycles. The number of nitrogens with zero attached hydrogens (tertiary/aromatic N) is 1. The van der Waals surface area contributed by atoms with Crippen molar-refractivity contribution in [1.29, 1.82) is 0 Å². The minimum Gasteiger partial charge on any atom is -0.212 e. The van der Waals surface area contributed by atoms with Gasteiger partial charge in [-0.25, -0.2) is 4.52 Å².